The molecule has 0 bridgehead atoms. The highest BCUT2D eigenvalue weighted by Crippen LogP contribution is 2.28. The van der Waals surface area contributed by atoms with Crippen molar-refractivity contribution in [1.82, 2.24) is 24.2 Å². The minimum atomic E-state index is -1.70. The molecule has 7 nitrogen and oxygen atoms in total. The predicted octanol–water partition coefficient (Wildman–Crippen LogP) is 4.22. The van der Waals surface area contributed by atoms with Gasteiger partial charge in [-0.2, -0.15) is 5.10 Å². The van der Waals surface area contributed by atoms with E-state index in [4.69, 9.17) is 0 Å². The number of rotatable bonds is 8. The van der Waals surface area contributed by atoms with Crippen LogP contribution in [0.25, 0.3) is 10.9 Å². The van der Waals surface area contributed by atoms with Gasteiger partial charge in [0.25, 0.3) is 5.91 Å². The maximum atomic E-state index is 14.7. The maximum Gasteiger partial charge on any atom is 0.262 e. The average Bonchev–Trinajstić information content (AvgIpc) is 3.53. The van der Waals surface area contributed by atoms with Crippen LogP contribution in [0.2, 0.25) is 0 Å². The van der Waals surface area contributed by atoms with E-state index in [9.17, 15) is 18.7 Å². The third-order valence-corrected chi connectivity index (χ3v) is 6.30. The number of nitrogens with zero attached hydrogens (tertiary/aromatic N) is 5. The van der Waals surface area contributed by atoms with Crippen molar-refractivity contribution in [2.24, 2.45) is 0 Å². The predicted molar refractivity (Wildman–Crippen MR) is 135 cm³/mol. The number of hydrogen-bond donors (Lipinski definition) is 1. The van der Waals surface area contributed by atoms with Gasteiger partial charge in [-0.3, -0.25) is 14.3 Å². The summed E-state index contributed by atoms with van der Waals surface area (Å²) in [5, 5.41) is 16.5. The van der Waals surface area contributed by atoms with E-state index in [0.29, 0.717) is 12.1 Å². The summed E-state index contributed by atoms with van der Waals surface area (Å²) in [5.74, 6) is -1.66. The van der Waals surface area contributed by atoms with Crippen LogP contribution in [0.4, 0.5) is 8.78 Å². The molecule has 1 N–H and O–H groups in total. The first-order chi connectivity index (χ1) is 17.8. The number of carbonyl (C=O) groups is 1. The van der Waals surface area contributed by atoms with Crippen molar-refractivity contribution in [2.75, 3.05) is 13.6 Å². The lowest BCUT2D eigenvalue weighted by Gasteiger charge is -2.33. The third-order valence-electron chi connectivity index (χ3n) is 6.30. The van der Waals surface area contributed by atoms with Crippen LogP contribution in [0.3, 0.4) is 0 Å². The number of benzene rings is 3. The molecule has 3 aromatic carbocycles. The second-order valence-corrected chi connectivity index (χ2v) is 9.17. The molecule has 0 aliphatic carbocycles. The van der Waals surface area contributed by atoms with Crippen molar-refractivity contribution < 1.29 is 18.7 Å². The van der Waals surface area contributed by atoms with E-state index in [2.05, 4.69) is 10.1 Å². The molecule has 37 heavy (non-hydrogen) atoms. The van der Waals surface area contributed by atoms with E-state index < -0.39 is 17.2 Å². The van der Waals surface area contributed by atoms with Gasteiger partial charge >= 0.3 is 0 Å². The highest BCUT2D eigenvalue weighted by molar-refractivity contribution is 6.02. The fourth-order valence-electron chi connectivity index (χ4n) is 4.67. The molecule has 0 radical (unpaired) electrons. The third kappa shape index (κ3) is 5.18. The van der Waals surface area contributed by atoms with Gasteiger partial charge in [-0.05, 0) is 49.0 Å². The van der Waals surface area contributed by atoms with Crippen LogP contribution >= 0.6 is 0 Å². The molecule has 1 unspecified atom stereocenters. The van der Waals surface area contributed by atoms with Gasteiger partial charge in [0, 0.05) is 41.9 Å². The summed E-state index contributed by atoms with van der Waals surface area (Å²) in [5.41, 5.74) is 0.612. The Bertz CT molecular complexity index is 1540. The topological polar surface area (TPSA) is 76.2 Å². The minimum Gasteiger partial charge on any atom is -0.382 e. The van der Waals surface area contributed by atoms with Gasteiger partial charge in [0.05, 0.1) is 12.1 Å². The first-order valence-corrected chi connectivity index (χ1v) is 11.7. The summed E-state index contributed by atoms with van der Waals surface area (Å²) < 4.78 is 31.3. The Morgan fingerprint density at radius 3 is 2.59 bits per heavy atom. The highest BCUT2D eigenvalue weighted by Gasteiger charge is 2.35. The quantitative estimate of drug-likeness (QED) is 0.345. The summed E-state index contributed by atoms with van der Waals surface area (Å²) in [6, 6.07) is 19.9. The fraction of sp³-hybridized carbons (Fsp3) is 0.179. The van der Waals surface area contributed by atoms with Gasteiger partial charge in [0.2, 0.25) is 0 Å². The van der Waals surface area contributed by atoms with Crippen LogP contribution < -0.4 is 0 Å². The molecule has 5 rings (SSSR count). The molecule has 1 atom stereocenters. The lowest BCUT2D eigenvalue weighted by atomic mass is 9.92. The van der Waals surface area contributed by atoms with Gasteiger partial charge in [-0.15, -0.1) is 0 Å². The second kappa shape index (κ2) is 10.0. The smallest absolute Gasteiger partial charge is 0.262 e. The maximum absolute atomic E-state index is 14.7. The largest absolute Gasteiger partial charge is 0.382 e. The molecular weight excluding hydrogens is 476 g/mol. The molecule has 188 valence electrons. The van der Waals surface area contributed by atoms with Crippen LogP contribution in [0.5, 0.6) is 0 Å². The van der Waals surface area contributed by atoms with Crippen LogP contribution in [0, 0.1) is 11.6 Å². The van der Waals surface area contributed by atoms with E-state index in [0.717, 1.165) is 28.6 Å². The molecule has 0 saturated heterocycles. The van der Waals surface area contributed by atoms with Gasteiger partial charge in [0.1, 0.15) is 29.9 Å². The van der Waals surface area contributed by atoms with Crippen LogP contribution in [-0.2, 0) is 18.7 Å². The lowest BCUT2D eigenvalue weighted by Crippen LogP contribution is -2.43. The Labute approximate surface area is 212 Å². The summed E-state index contributed by atoms with van der Waals surface area (Å²) >= 11 is 0. The molecule has 0 aliphatic rings. The molecule has 0 fully saturated rings. The van der Waals surface area contributed by atoms with E-state index in [1.165, 1.54) is 23.4 Å². The molecule has 0 aliphatic heterocycles. The van der Waals surface area contributed by atoms with Gasteiger partial charge < -0.3 is 5.11 Å². The Balaban J connectivity index is 1.37. The molecule has 0 saturated carbocycles. The molecule has 2 aromatic heterocycles. The molecule has 2 heterocycles. The Morgan fingerprint density at radius 1 is 1.05 bits per heavy atom. The Morgan fingerprint density at radius 2 is 1.86 bits per heavy atom. The zero-order valence-electron chi connectivity index (χ0n) is 20.1. The van der Waals surface area contributed by atoms with Crippen molar-refractivity contribution in [3.8, 4) is 0 Å². The van der Waals surface area contributed by atoms with E-state index in [1.54, 1.807) is 22.9 Å². The van der Waals surface area contributed by atoms with Crippen LogP contribution in [0.1, 0.15) is 21.5 Å². The normalized spacial score (nSPS) is 13.2. The van der Waals surface area contributed by atoms with Crippen molar-refractivity contribution in [3.63, 3.8) is 0 Å². The number of halogens is 2. The SMILES string of the molecule is CN(Cc1ccc2c(ccn2C(=O)c2ccccc2)c1)CC(O)(Cn1cncn1)c1ccc(F)cc1F. The van der Waals surface area contributed by atoms with Crippen molar-refractivity contribution in [2.45, 2.75) is 18.7 Å². The zero-order chi connectivity index (χ0) is 26.0. The fourth-order valence-corrected chi connectivity index (χ4v) is 4.67. The second-order valence-electron chi connectivity index (χ2n) is 9.17. The number of likely N-dealkylation sites (N-methyl/N-ethyl adjacent to an activating group) is 1. The summed E-state index contributed by atoms with van der Waals surface area (Å²) in [7, 11) is 1.81. The number of aromatic nitrogens is 4. The highest BCUT2D eigenvalue weighted by atomic mass is 19.1. The van der Waals surface area contributed by atoms with Gasteiger partial charge in [-0.1, -0.05) is 30.3 Å². The minimum absolute atomic E-state index is 0.0248. The average molecular weight is 502 g/mol. The zero-order valence-corrected chi connectivity index (χ0v) is 20.1. The molecule has 9 heteroatoms. The lowest BCUT2D eigenvalue weighted by molar-refractivity contribution is -0.0174. The van der Waals surface area contributed by atoms with Crippen molar-refractivity contribution in [3.05, 3.63) is 120 Å². The summed E-state index contributed by atoms with van der Waals surface area (Å²) in [6.45, 7) is 0.417. The Kier molecular flexibility index (Phi) is 6.64. The number of fused-ring (bicyclic) bond motifs is 1. The molecular formula is C28H25F2N5O2. The Hall–Kier alpha value is -4.21. The number of hydrogen-bond acceptors (Lipinski definition) is 5. The van der Waals surface area contributed by atoms with Crippen LogP contribution in [0.15, 0.2) is 91.6 Å². The standard InChI is InChI=1S/C28H25F2N5O2/c1-33(16-28(37,17-34-19-31-18-32-34)24-9-8-23(29)14-25(24)30)15-20-7-10-26-22(13-20)11-12-35(26)27(36)21-5-3-2-4-6-21/h2-14,18-19,37H,15-17H2,1H3. The van der Waals surface area contributed by atoms with Gasteiger partial charge in [0.15, 0.2) is 0 Å². The monoisotopic (exact) mass is 501 g/mol. The van der Waals surface area contributed by atoms with E-state index in [-0.39, 0.29) is 24.6 Å². The molecule has 0 amide bonds. The summed E-state index contributed by atoms with van der Waals surface area (Å²) in [4.78, 5) is 18.7. The number of carbonyl (C=O) groups excluding carboxylic acids is 1. The number of aliphatic hydroxyl groups is 1. The summed E-state index contributed by atoms with van der Waals surface area (Å²) in [6.07, 6.45) is 4.51. The van der Waals surface area contributed by atoms with E-state index >= 15 is 0 Å². The van der Waals surface area contributed by atoms with Crippen molar-refractivity contribution >= 4 is 16.8 Å². The van der Waals surface area contributed by atoms with Crippen LogP contribution in [-0.4, -0.2) is 48.8 Å². The molecule has 0 spiro atoms. The van der Waals surface area contributed by atoms with Gasteiger partial charge in [-0.25, -0.2) is 18.4 Å². The van der Waals surface area contributed by atoms with E-state index in [1.807, 2.05) is 54.4 Å². The first kappa shape index (κ1) is 24.5. The van der Waals surface area contributed by atoms with Crippen molar-refractivity contribution in [1.29, 1.82) is 0 Å². The first-order valence-electron chi connectivity index (χ1n) is 11.7. The molecule has 5 aromatic rings.